The molecule has 0 aromatic rings. The van der Waals surface area contributed by atoms with Crippen LogP contribution in [0.15, 0.2) is 0 Å². The molecule has 0 aliphatic heterocycles. The molecule has 1 fully saturated rings. The molecule has 0 aromatic carbocycles. The minimum Gasteiger partial charge on any atom is -0.356 e. The predicted molar refractivity (Wildman–Crippen MR) is 36.3 cm³/mol. The van der Waals surface area contributed by atoms with Crippen molar-refractivity contribution in [3.8, 4) is 0 Å². The van der Waals surface area contributed by atoms with Gasteiger partial charge in [0.25, 0.3) is 0 Å². The Hall–Kier alpha value is -0.600. The lowest BCUT2D eigenvalue weighted by molar-refractivity contribution is -0.119. The molecule has 0 bridgehead atoms. The predicted octanol–water partition coefficient (Wildman–Crippen LogP) is 0.872. The monoisotopic (exact) mass is 145 g/mol. The summed E-state index contributed by atoms with van der Waals surface area (Å²) >= 11 is 0. The van der Waals surface area contributed by atoms with Gasteiger partial charge in [-0.1, -0.05) is 0 Å². The molecule has 0 aromatic heterocycles. The number of hydrogen-bond acceptors (Lipinski definition) is 1. The van der Waals surface area contributed by atoms with E-state index in [1.54, 1.807) is 0 Å². The highest BCUT2D eigenvalue weighted by Crippen LogP contribution is 2.45. The zero-order chi connectivity index (χ0) is 7.61. The molecule has 0 spiro atoms. The number of carbonyl (C=O) groups is 1. The number of alkyl halides is 1. The van der Waals surface area contributed by atoms with Crippen LogP contribution >= 0.6 is 0 Å². The second-order valence-electron chi connectivity index (χ2n) is 3.04. The van der Waals surface area contributed by atoms with Gasteiger partial charge in [-0.05, 0) is 12.8 Å². The van der Waals surface area contributed by atoms with E-state index in [1.807, 2.05) is 0 Å². The summed E-state index contributed by atoms with van der Waals surface area (Å²) in [5.74, 6) is -0.0697. The quantitative estimate of drug-likeness (QED) is 0.627. The van der Waals surface area contributed by atoms with Crippen LogP contribution in [0.4, 0.5) is 4.39 Å². The molecular formula is C7H12FNO. The molecule has 1 rings (SSSR count). The largest absolute Gasteiger partial charge is 0.356 e. The third-order valence-corrected chi connectivity index (χ3v) is 1.95. The van der Waals surface area contributed by atoms with Crippen LogP contribution in [0, 0.1) is 5.41 Å². The van der Waals surface area contributed by atoms with Crippen LogP contribution in [0.2, 0.25) is 0 Å². The molecule has 1 aliphatic rings. The summed E-state index contributed by atoms with van der Waals surface area (Å²) in [7, 11) is 0. The maximum atomic E-state index is 12.1. The topological polar surface area (TPSA) is 29.1 Å². The first-order chi connectivity index (χ1) is 4.68. The van der Waals surface area contributed by atoms with Gasteiger partial charge < -0.3 is 5.32 Å². The van der Waals surface area contributed by atoms with Crippen molar-refractivity contribution < 1.29 is 9.18 Å². The lowest BCUT2D eigenvalue weighted by Crippen LogP contribution is -2.28. The summed E-state index contributed by atoms with van der Waals surface area (Å²) < 4.78 is 12.1. The first kappa shape index (κ1) is 7.51. The fraction of sp³-hybridized carbons (Fsp3) is 0.857. The highest BCUT2D eigenvalue weighted by molar-refractivity contribution is 5.72. The van der Waals surface area contributed by atoms with Crippen molar-refractivity contribution in [1.29, 1.82) is 0 Å². The van der Waals surface area contributed by atoms with Crippen molar-refractivity contribution in [1.82, 2.24) is 5.32 Å². The van der Waals surface area contributed by atoms with Crippen molar-refractivity contribution >= 4 is 5.91 Å². The van der Waals surface area contributed by atoms with Crippen molar-refractivity contribution in [3.63, 3.8) is 0 Å². The average molecular weight is 145 g/mol. The number of halogens is 1. The lowest BCUT2D eigenvalue weighted by Gasteiger charge is -2.09. The number of hydrogen-bond donors (Lipinski definition) is 1. The van der Waals surface area contributed by atoms with E-state index in [0.29, 0.717) is 6.54 Å². The van der Waals surface area contributed by atoms with E-state index in [4.69, 9.17) is 0 Å². The zero-order valence-electron chi connectivity index (χ0n) is 6.11. The van der Waals surface area contributed by atoms with Gasteiger partial charge in [-0.15, -0.1) is 0 Å². The minimum atomic E-state index is -0.298. The van der Waals surface area contributed by atoms with Crippen LogP contribution in [0.25, 0.3) is 0 Å². The number of rotatable bonds is 3. The van der Waals surface area contributed by atoms with E-state index in [0.717, 1.165) is 12.8 Å². The van der Waals surface area contributed by atoms with Gasteiger partial charge in [0.05, 0.1) is 6.67 Å². The Morgan fingerprint density at radius 3 is 2.60 bits per heavy atom. The van der Waals surface area contributed by atoms with E-state index in [9.17, 15) is 9.18 Å². The second-order valence-corrected chi connectivity index (χ2v) is 3.04. The third-order valence-electron chi connectivity index (χ3n) is 1.95. The summed E-state index contributed by atoms with van der Waals surface area (Å²) in [6.07, 6.45) is 1.84. The Morgan fingerprint density at radius 1 is 1.70 bits per heavy atom. The first-order valence-electron chi connectivity index (χ1n) is 3.49. The van der Waals surface area contributed by atoms with Crippen molar-refractivity contribution in [3.05, 3.63) is 0 Å². The van der Waals surface area contributed by atoms with Crippen molar-refractivity contribution in [2.45, 2.75) is 19.8 Å². The zero-order valence-corrected chi connectivity index (χ0v) is 6.11. The summed E-state index contributed by atoms with van der Waals surface area (Å²) in [4.78, 5) is 10.4. The molecule has 58 valence electrons. The molecule has 1 saturated carbocycles. The van der Waals surface area contributed by atoms with Gasteiger partial charge in [-0.3, -0.25) is 9.18 Å². The van der Waals surface area contributed by atoms with Crippen LogP contribution in [0.5, 0.6) is 0 Å². The van der Waals surface area contributed by atoms with Crippen LogP contribution < -0.4 is 5.32 Å². The average Bonchev–Trinajstić information content (AvgIpc) is 2.64. The molecule has 1 amide bonds. The Balaban J connectivity index is 2.19. The fourth-order valence-corrected chi connectivity index (χ4v) is 0.846. The molecule has 1 aliphatic carbocycles. The Labute approximate surface area is 59.8 Å². The lowest BCUT2D eigenvalue weighted by atomic mass is 10.1. The van der Waals surface area contributed by atoms with Crippen LogP contribution in [-0.4, -0.2) is 19.1 Å². The van der Waals surface area contributed by atoms with Gasteiger partial charge in [0, 0.05) is 18.9 Å². The van der Waals surface area contributed by atoms with E-state index in [1.165, 1.54) is 6.92 Å². The summed E-state index contributed by atoms with van der Waals surface area (Å²) in [6, 6.07) is 0. The molecule has 3 heteroatoms. The number of amides is 1. The molecule has 0 heterocycles. The Bertz CT molecular complexity index is 143. The van der Waals surface area contributed by atoms with E-state index in [-0.39, 0.29) is 18.0 Å². The molecule has 0 atom stereocenters. The van der Waals surface area contributed by atoms with Crippen LogP contribution in [-0.2, 0) is 4.79 Å². The van der Waals surface area contributed by atoms with Gasteiger partial charge >= 0.3 is 0 Å². The van der Waals surface area contributed by atoms with Gasteiger partial charge in [0.2, 0.25) is 5.91 Å². The standard InChI is InChI=1S/C7H12FNO/c1-6(10)9-5-7(4-8)2-3-7/h2-5H2,1H3,(H,9,10). The highest BCUT2D eigenvalue weighted by Gasteiger charge is 2.42. The molecule has 1 N–H and O–H groups in total. The summed E-state index contributed by atoms with van der Waals surface area (Å²) in [5, 5.41) is 2.62. The van der Waals surface area contributed by atoms with Gasteiger partial charge in [0.15, 0.2) is 0 Å². The molecule has 10 heavy (non-hydrogen) atoms. The first-order valence-corrected chi connectivity index (χ1v) is 3.49. The van der Waals surface area contributed by atoms with E-state index in [2.05, 4.69) is 5.32 Å². The Kier molecular flexibility index (Phi) is 1.92. The Morgan fingerprint density at radius 2 is 2.30 bits per heavy atom. The molecule has 0 radical (unpaired) electrons. The summed E-state index contributed by atoms with van der Waals surface area (Å²) in [5.41, 5.74) is -0.175. The maximum absolute atomic E-state index is 12.1. The smallest absolute Gasteiger partial charge is 0.216 e. The minimum absolute atomic E-state index is 0.0697. The molecular weight excluding hydrogens is 133 g/mol. The normalized spacial score (nSPS) is 20.2. The fourth-order valence-electron chi connectivity index (χ4n) is 0.846. The summed E-state index contributed by atoms with van der Waals surface area (Å²) in [6.45, 7) is 1.67. The van der Waals surface area contributed by atoms with Crippen molar-refractivity contribution in [2.24, 2.45) is 5.41 Å². The molecule has 2 nitrogen and oxygen atoms in total. The van der Waals surface area contributed by atoms with Gasteiger partial charge in [0.1, 0.15) is 0 Å². The molecule has 0 saturated heterocycles. The van der Waals surface area contributed by atoms with Crippen LogP contribution in [0.3, 0.4) is 0 Å². The van der Waals surface area contributed by atoms with Gasteiger partial charge in [-0.25, -0.2) is 0 Å². The SMILES string of the molecule is CC(=O)NCC1(CF)CC1. The number of carbonyl (C=O) groups excluding carboxylic acids is 1. The maximum Gasteiger partial charge on any atom is 0.216 e. The molecule has 0 unspecified atom stereocenters. The third kappa shape index (κ3) is 1.69. The van der Waals surface area contributed by atoms with E-state index < -0.39 is 0 Å². The highest BCUT2D eigenvalue weighted by atomic mass is 19.1. The van der Waals surface area contributed by atoms with Crippen LogP contribution in [0.1, 0.15) is 19.8 Å². The number of nitrogens with one attached hydrogen (secondary N) is 1. The second kappa shape index (κ2) is 2.56. The van der Waals surface area contributed by atoms with Gasteiger partial charge in [-0.2, -0.15) is 0 Å². The van der Waals surface area contributed by atoms with Crippen molar-refractivity contribution in [2.75, 3.05) is 13.2 Å². The van der Waals surface area contributed by atoms with E-state index >= 15 is 0 Å².